The molecular weight excluding hydrogens is 210 g/mol. The van der Waals surface area contributed by atoms with Crippen LogP contribution in [0.15, 0.2) is 42.7 Å². The van der Waals surface area contributed by atoms with Gasteiger partial charge in [0.25, 0.3) is 0 Å². The lowest BCUT2D eigenvalue weighted by atomic mass is 10.1. The summed E-state index contributed by atoms with van der Waals surface area (Å²) >= 11 is 0. The molecule has 3 rings (SSSR count). The van der Waals surface area contributed by atoms with Crippen LogP contribution < -0.4 is 5.73 Å². The highest BCUT2D eigenvalue weighted by molar-refractivity contribution is 5.95. The highest BCUT2D eigenvalue weighted by Crippen LogP contribution is 2.28. The van der Waals surface area contributed by atoms with E-state index in [9.17, 15) is 0 Å². The molecule has 0 radical (unpaired) electrons. The van der Waals surface area contributed by atoms with Crippen LogP contribution in [-0.2, 0) is 0 Å². The minimum absolute atomic E-state index is 0.733. The Hall–Kier alpha value is -2.29. The minimum atomic E-state index is 0.733. The molecule has 0 aliphatic heterocycles. The molecule has 0 unspecified atom stereocenters. The number of nitrogens with zero attached hydrogens (tertiary/aromatic N) is 1. The molecule has 3 aromatic rings. The van der Waals surface area contributed by atoms with Crippen LogP contribution in [0.5, 0.6) is 0 Å². The van der Waals surface area contributed by atoms with E-state index in [-0.39, 0.29) is 0 Å². The van der Waals surface area contributed by atoms with E-state index >= 15 is 0 Å². The lowest BCUT2D eigenvalue weighted by Crippen LogP contribution is -1.87. The van der Waals surface area contributed by atoms with Crippen molar-refractivity contribution in [3.8, 4) is 11.3 Å². The number of nitrogen functional groups attached to an aromatic ring is 1. The standard InChI is InChI=1S/C14H13N3/c1-9-2-3-13-11(6-9)12(8-17-13)14-7-10(15)4-5-16-14/h2-8,17H,1H3,(H2,15,16). The number of pyridine rings is 1. The number of aromatic amines is 1. The fourth-order valence-corrected chi connectivity index (χ4v) is 2.04. The summed E-state index contributed by atoms with van der Waals surface area (Å²) in [4.78, 5) is 7.61. The van der Waals surface area contributed by atoms with E-state index in [2.05, 4.69) is 35.1 Å². The largest absolute Gasteiger partial charge is 0.399 e. The van der Waals surface area contributed by atoms with Gasteiger partial charge < -0.3 is 10.7 Å². The number of rotatable bonds is 1. The number of nitrogens with two attached hydrogens (primary N) is 1. The molecule has 0 bridgehead atoms. The zero-order valence-corrected chi connectivity index (χ0v) is 9.57. The van der Waals surface area contributed by atoms with Gasteiger partial charge in [-0.1, -0.05) is 11.6 Å². The third-order valence-electron chi connectivity index (χ3n) is 2.90. The number of nitrogens with one attached hydrogen (secondary N) is 1. The molecule has 0 saturated carbocycles. The molecule has 0 saturated heterocycles. The number of fused-ring (bicyclic) bond motifs is 1. The molecule has 17 heavy (non-hydrogen) atoms. The van der Waals surface area contributed by atoms with Gasteiger partial charge in [-0.2, -0.15) is 0 Å². The van der Waals surface area contributed by atoms with E-state index in [0.29, 0.717) is 0 Å². The van der Waals surface area contributed by atoms with Gasteiger partial charge in [0.05, 0.1) is 5.69 Å². The van der Waals surface area contributed by atoms with Gasteiger partial charge in [0, 0.05) is 34.5 Å². The first-order valence-electron chi connectivity index (χ1n) is 5.54. The van der Waals surface area contributed by atoms with Gasteiger partial charge in [0.15, 0.2) is 0 Å². The molecule has 0 spiro atoms. The maximum absolute atomic E-state index is 5.79. The Balaban J connectivity index is 2.27. The summed E-state index contributed by atoms with van der Waals surface area (Å²) in [6.45, 7) is 2.09. The quantitative estimate of drug-likeness (QED) is 0.666. The fraction of sp³-hybridized carbons (Fsp3) is 0.0714. The van der Waals surface area contributed by atoms with Crippen molar-refractivity contribution in [1.82, 2.24) is 9.97 Å². The van der Waals surface area contributed by atoms with Crippen LogP contribution in [0.2, 0.25) is 0 Å². The van der Waals surface area contributed by atoms with Gasteiger partial charge >= 0.3 is 0 Å². The highest BCUT2D eigenvalue weighted by atomic mass is 14.7. The molecular formula is C14H13N3. The normalized spacial score (nSPS) is 10.9. The Morgan fingerprint density at radius 2 is 2.06 bits per heavy atom. The van der Waals surface area contributed by atoms with Crippen LogP contribution in [0.1, 0.15) is 5.56 Å². The van der Waals surface area contributed by atoms with Crippen molar-refractivity contribution in [2.75, 3.05) is 5.73 Å². The average Bonchev–Trinajstić information content (AvgIpc) is 2.71. The molecule has 0 amide bonds. The molecule has 3 heteroatoms. The Morgan fingerprint density at radius 1 is 1.18 bits per heavy atom. The van der Waals surface area contributed by atoms with Crippen LogP contribution in [0.3, 0.4) is 0 Å². The van der Waals surface area contributed by atoms with E-state index in [1.54, 1.807) is 12.3 Å². The van der Waals surface area contributed by atoms with Gasteiger partial charge in [-0.3, -0.25) is 4.98 Å². The minimum Gasteiger partial charge on any atom is -0.399 e. The van der Waals surface area contributed by atoms with Crippen LogP contribution in [-0.4, -0.2) is 9.97 Å². The molecule has 2 aromatic heterocycles. The number of anilines is 1. The molecule has 3 N–H and O–H groups in total. The van der Waals surface area contributed by atoms with Gasteiger partial charge in [-0.25, -0.2) is 0 Å². The number of benzene rings is 1. The van der Waals surface area contributed by atoms with Crippen LogP contribution in [0.4, 0.5) is 5.69 Å². The van der Waals surface area contributed by atoms with Crippen molar-refractivity contribution in [3.05, 3.63) is 48.3 Å². The first-order valence-corrected chi connectivity index (χ1v) is 5.54. The lowest BCUT2D eigenvalue weighted by Gasteiger charge is -2.00. The second-order valence-corrected chi connectivity index (χ2v) is 4.23. The predicted molar refractivity (Wildman–Crippen MR) is 70.7 cm³/mol. The van der Waals surface area contributed by atoms with Crippen molar-refractivity contribution in [2.45, 2.75) is 6.92 Å². The molecule has 0 aliphatic rings. The number of hydrogen-bond acceptors (Lipinski definition) is 2. The molecule has 0 fully saturated rings. The first kappa shape index (κ1) is 9.90. The van der Waals surface area contributed by atoms with Gasteiger partial charge in [0.1, 0.15) is 0 Å². The maximum Gasteiger partial charge on any atom is 0.0743 e. The first-order chi connectivity index (χ1) is 8.24. The van der Waals surface area contributed by atoms with Crippen molar-refractivity contribution in [3.63, 3.8) is 0 Å². The zero-order chi connectivity index (χ0) is 11.8. The van der Waals surface area contributed by atoms with Crippen molar-refractivity contribution in [1.29, 1.82) is 0 Å². The number of hydrogen-bond donors (Lipinski definition) is 2. The van der Waals surface area contributed by atoms with E-state index in [0.717, 1.165) is 22.5 Å². The summed E-state index contributed by atoms with van der Waals surface area (Å²) in [7, 11) is 0. The molecule has 2 heterocycles. The van der Waals surface area contributed by atoms with E-state index < -0.39 is 0 Å². The summed E-state index contributed by atoms with van der Waals surface area (Å²) in [6.07, 6.45) is 3.71. The van der Waals surface area contributed by atoms with E-state index in [4.69, 9.17) is 5.73 Å². The monoisotopic (exact) mass is 223 g/mol. The average molecular weight is 223 g/mol. The second-order valence-electron chi connectivity index (χ2n) is 4.23. The molecule has 3 nitrogen and oxygen atoms in total. The topological polar surface area (TPSA) is 54.7 Å². The van der Waals surface area contributed by atoms with Crippen LogP contribution >= 0.6 is 0 Å². The van der Waals surface area contributed by atoms with E-state index in [1.165, 1.54) is 10.9 Å². The smallest absolute Gasteiger partial charge is 0.0743 e. The third-order valence-corrected chi connectivity index (χ3v) is 2.90. The van der Waals surface area contributed by atoms with Crippen LogP contribution in [0, 0.1) is 6.92 Å². The van der Waals surface area contributed by atoms with Gasteiger partial charge in [-0.05, 0) is 31.2 Å². The summed E-state index contributed by atoms with van der Waals surface area (Å²) in [5, 5.41) is 1.18. The number of aryl methyl sites for hydroxylation is 1. The summed E-state index contributed by atoms with van der Waals surface area (Å²) in [5.41, 5.74) is 10.9. The predicted octanol–water partition coefficient (Wildman–Crippen LogP) is 3.12. The Kier molecular flexibility index (Phi) is 2.11. The van der Waals surface area contributed by atoms with E-state index in [1.807, 2.05) is 12.3 Å². The highest BCUT2D eigenvalue weighted by Gasteiger charge is 2.07. The zero-order valence-electron chi connectivity index (χ0n) is 9.57. The summed E-state index contributed by atoms with van der Waals surface area (Å²) < 4.78 is 0. The fourth-order valence-electron chi connectivity index (χ4n) is 2.04. The van der Waals surface area contributed by atoms with Crippen molar-refractivity contribution >= 4 is 16.6 Å². The SMILES string of the molecule is Cc1ccc2[nH]cc(-c3cc(N)ccn3)c2c1. The summed E-state index contributed by atoms with van der Waals surface area (Å²) in [5.74, 6) is 0. The Bertz CT molecular complexity index is 683. The molecule has 0 atom stereocenters. The molecule has 84 valence electrons. The number of H-pyrrole nitrogens is 1. The summed E-state index contributed by atoms with van der Waals surface area (Å²) in [6, 6.07) is 10.0. The second kappa shape index (κ2) is 3.63. The number of aromatic nitrogens is 2. The Labute approximate surface area is 99.3 Å². The van der Waals surface area contributed by atoms with Gasteiger partial charge in [-0.15, -0.1) is 0 Å². The van der Waals surface area contributed by atoms with Crippen molar-refractivity contribution < 1.29 is 0 Å². The lowest BCUT2D eigenvalue weighted by molar-refractivity contribution is 1.33. The van der Waals surface area contributed by atoms with Gasteiger partial charge in [0.2, 0.25) is 0 Å². The molecule has 1 aromatic carbocycles. The molecule has 0 aliphatic carbocycles. The Morgan fingerprint density at radius 3 is 2.88 bits per heavy atom. The maximum atomic E-state index is 5.79. The van der Waals surface area contributed by atoms with Crippen LogP contribution in [0.25, 0.3) is 22.2 Å². The third kappa shape index (κ3) is 1.65. The van der Waals surface area contributed by atoms with Crippen molar-refractivity contribution in [2.24, 2.45) is 0 Å².